The Morgan fingerprint density at radius 2 is 1.93 bits per heavy atom. The van der Waals surface area contributed by atoms with Crippen LogP contribution in [0.5, 0.6) is 0 Å². The van der Waals surface area contributed by atoms with Crippen LogP contribution in [0.2, 0.25) is 0 Å². The van der Waals surface area contributed by atoms with Crippen molar-refractivity contribution < 1.29 is 8.42 Å². The highest BCUT2D eigenvalue weighted by atomic mass is 127. The van der Waals surface area contributed by atoms with Gasteiger partial charge in [0.2, 0.25) is 0 Å². The molecule has 0 aliphatic rings. The molecule has 0 aliphatic heterocycles. The van der Waals surface area contributed by atoms with Crippen molar-refractivity contribution in [3.05, 3.63) is 52.0 Å². The van der Waals surface area contributed by atoms with Gasteiger partial charge < -0.3 is 10.6 Å². The Hall–Kier alpha value is -1.20. The lowest BCUT2D eigenvalue weighted by molar-refractivity contribution is 0.592. The quantitative estimate of drug-likeness (QED) is 0.194. The highest BCUT2D eigenvalue weighted by Crippen LogP contribution is 2.13. The van der Waals surface area contributed by atoms with Gasteiger partial charge in [0.25, 0.3) is 0 Å². The second-order valence-electron chi connectivity index (χ2n) is 6.44. The number of hydrogen-bond acceptors (Lipinski definition) is 5. The number of nitrogens with one attached hydrogen (secondary N) is 2. The monoisotopic (exact) mass is 550 g/mol. The third-order valence-electron chi connectivity index (χ3n) is 4.04. The molecule has 2 N–H and O–H groups in total. The van der Waals surface area contributed by atoms with Gasteiger partial charge >= 0.3 is 0 Å². The molecule has 0 bridgehead atoms. The van der Waals surface area contributed by atoms with E-state index in [0.29, 0.717) is 13.0 Å². The fraction of sp³-hybridized carbons (Fsp3) is 0.500. The first kappa shape index (κ1) is 25.8. The molecular weight excluding hydrogens is 519 g/mol. The van der Waals surface area contributed by atoms with Crippen molar-refractivity contribution in [2.75, 3.05) is 25.4 Å². The van der Waals surface area contributed by atoms with E-state index in [0.717, 1.165) is 42.5 Å². The van der Waals surface area contributed by atoms with Gasteiger partial charge in [-0.25, -0.2) is 13.4 Å². The first-order valence-electron chi connectivity index (χ1n) is 9.72. The molecule has 0 aliphatic carbocycles. The van der Waals surface area contributed by atoms with Gasteiger partial charge in [0, 0.05) is 37.1 Å². The summed E-state index contributed by atoms with van der Waals surface area (Å²) >= 11 is 1.74. The van der Waals surface area contributed by atoms with Crippen LogP contribution in [0, 0.1) is 0 Å². The van der Waals surface area contributed by atoms with Gasteiger partial charge in [-0.05, 0) is 25.3 Å². The van der Waals surface area contributed by atoms with Crippen LogP contribution in [0.3, 0.4) is 0 Å². The molecule has 1 heterocycles. The zero-order chi connectivity index (χ0) is 20.2. The van der Waals surface area contributed by atoms with Crippen LogP contribution in [0.4, 0.5) is 0 Å². The lowest BCUT2D eigenvalue weighted by Crippen LogP contribution is -2.38. The number of aliphatic imine (C=N–C) groups is 1. The van der Waals surface area contributed by atoms with Crippen molar-refractivity contribution in [1.82, 2.24) is 15.6 Å². The second kappa shape index (κ2) is 13.9. The predicted octanol–water partition coefficient (Wildman–Crippen LogP) is 3.43. The van der Waals surface area contributed by atoms with Crippen molar-refractivity contribution in [1.29, 1.82) is 0 Å². The normalized spacial score (nSPS) is 11.7. The zero-order valence-corrected chi connectivity index (χ0v) is 21.0. The molecule has 162 valence electrons. The minimum atomic E-state index is -3.12. The van der Waals surface area contributed by atoms with E-state index in [9.17, 15) is 8.42 Å². The van der Waals surface area contributed by atoms with E-state index in [1.54, 1.807) is 11.3 Å². The minimum Gasteiger partial charge on any atom is -0.357 e. The molecule has 6 nitrogen and oxygen atoms in total. The van der Waals surface area contributed by atoms with Gasteiger partial charge in [-0.15, -0.1) is 35.3 Å². The van der Waals surface area contributed by atoms with Crippen molar-refractivity contribution in [3.8, 4) is 0 Å². The number of nitrogens with zero attached hydrogens (tertiary/aromatic N) is 2. The molecule has 0 unspecified atom stereocenters. The average molecular weight is 551 g/mol. The summed E-state index contributed by atoms with van der Waals surface area (Å²) in [4.78, 5) is 10.2. The molecule has 2 aromatic rings. The van der Waals surface area contributed by atoms with E-state index < -0.39 is 9.84 Å². The summed E-state index contributed by atoms with van der Waals surface area (Å²) in [6.07, 6.45) is 4.32. The van der Waals surface area contributed by atoms with E-state index >= 15 is 0 Å². The molecule has 29 heavy (non-hydrogen) atoms. The van der Waals surface area contributed by atoms with Gasteiger partial charge in [0.15, 0.2) is 15.8 Å². The Balaban J connectivity index is 0.00000420. The molecule has 9 heteroatoms. The third-order valence-corrected chi connectivity index (χ3v) is 6.92. The van der Waals surface area contributed by atoms with Crippen LogP contribution in [0.1, 0.15) is 35.7 Å². The van der Waals surface area contributed by atoms with E-state index in [-0.39, 0.29) is 35.5 Å². The van der Waals surface area contributed by atoms with E-state index in [1.165, 1.54) is 4.88 Å². The van der Waals surface area contributed by atoms with Gasteiger partial charge in [0.05, 0.1) is 16.5 Å². The number of sulfone groups is 1. The van der Waals surface area contributed by atoms with Crippen LogP contribution in [0.25, 0.3) is 0 Å². The minimum absolute atomic E-state index is 0. The van der Waals surface area contributed by atoms with Crippen LogP contribution >= 0.6 is 35.3 Å². The second-order valence-corrected chi connectivity index (χ2v) is 9.83. The number of aromatic nitrogens is 1. The molecule has 1 aromatic carbocycles. The van der Waals surface area contributed by atoms with Gasteiger partial charge in [-0.1, -0.05) is 37.3 Å². The standard InChI is InChI=1S/C20H30N4O2S2.HI/c1-3-18-15-24-19(27-18)11-13-23-20(21-4-2)22-12-8-14-28(25,26)16-17-9-6-5-7-10-17;/h5-7,9-10,15H,3-4,8,11-14,16H2,1-2H3,(H2,21,22,23);1H. The van der Waals surface area contributed by atoms with Crippen LogP contribution in [-0.2, 0) is 28.4 Å². The third kappa shape index (κ3) is 10.4. The van der Waals surface area contributed by atoms with Crippen molar-refractivity contribution in [2.24, 2.45) is 4.99 Å². The summed E-state index contributed by atoms with van der Waals surface area (Å²) in [5.74, 6) is 0.947. The van der Waals surface area contributed by atoms with Crippen LogP contribution in [0.15, 0.2) is 41.5 Å². The number of guanidine groups is 1. The average Bonchev–Trinajstić information content (AvgIpc) is 3.13. The number of hydrogen-bond donors (Lipinski definition) is 2. The zero-order valence-electron chi connectivity index (χ0n) is 17.1. The summed E-state index contributed by atoms with van der Waals surface area (Å²) in [7, 11) is -3.12. The summed E-state index contributed by atoms with van der Waals surface area (Å²) < 4.78 is 24.5. The maximum atomic E-state index is 12.2. The van der Waals surface area contributed by atoms with Crippen LogP contribution < -0.4 is 10.6 Å². The molecule has 1 aromatic heterocycles. The number of benzene rings is 1. The number of thiazole rings is 1. The maximum absolute atomic E-state index is 12.2. The summed E-state index contributed by atoms with van der Waals surface area (Å²) in [6.45, 7) is 6.12. The molecule has 0 radical (unpaired) electrons. The molecule has 2 rings (SSSR count). The van der Waals surface area contributed by atoms with Gasteiger partial charge in [-0.3, -0.25) is 4.99 Å². The van der Waals surface area contributed by atoms with E-state index in [4.69, 9.17) is 0 Å². The fourth-order valence-corrected chi connectivity index (χ4v) is 4.91. The van der Waals surface area contributed by atoms with E-state index in [2.05, 4.69) is 27.5 Å². The maximum Gasteiger partial charge on any atom is 0.191 e. The number of halogens is 1. The Kier molecular flexibility index (Phi) is 12.4. The highest BCUT2D eigenvalue weighted by Gasteiger charge is 2.11. The van der Waals surface area contributed by atoms with Gasteiger partial charge in [0.1, 0.15) is 0 Å². The topological polar surface area (TPSA) is 83.5 Å². The highest BCUT2D eigenvalue weighted by molar-refractivity contribution is 14.0. The first-order valence-corrected chi connectivity index (χ1v) is 12.4. The smallest absolute Gasteiger partial charge is 0.191 e. The Morgan fingerprint density at radius 3 is 2.59 bits per heavy atom. The molecular formula is C20H31IN4O2S2. The lowest BCUT2D eigenvalue weighted by Gasteiger charge is -2.10. The van der Waals surface area contributed by atoms with Gasteiger partial charge in [-0.2, -0.15) is 0 Å². The Bertz CT molecular complexity index is 839. The van der Waals surface area contributed by atoms with Crippen molar-refractivity contribution >= 4 is 51.1 Å². The fourth-order valence-electron chi connectivity index (χ4n) is 2.63. The molecule has 0 fully saturated rings. The largest absolute Gasteiger partial charge is 0.357 e. The lowest BCUT2D eigenvalue weighted by atomic mass is 10.2. The Labute approximate surface area is 195 Å². The molecule has 0 saturated heterocycles. The molecule has 0 spiro atoms. The van der Waals surface area contributed by atoms with E-state index in [1.807, 2.05) is 43.5 Å². The SMILES string of the molecule is CCNC(=NCCCS(=O)(=O)Cc1ccccc1)NCCc1ncc(CC)s1.I. The molecule has 0 amide bonds. The first-order chi connectivity index (χ1) is 13.5. The van der Waals surface area contributed by atoms with Crippen molar-refractivity contribution in [3.63, 3.8) is 0 Å². The van der Waals surface area contributed by atoms with Crippen LogP contribution in [-0.4, -0.2) is 44.7 Å². The van der Waals surface area contributed by atoms with Crippen molar-refractivity contribution in [2.45, 2.75) is 38.9 Å². The molecule has 0 atom stereocenters. The predicted molar refractivity (Wildman–Crippen MR) is 133 cm³/mol. The number of aryl methyl sites for hydroxylation is 1. The summed E-state index contributed by atoms with van der Waals surface area (Å²) in [6, 6.07) is 9.29. The summed E-state index contributed by atoms with van der Waals surface area (Å²) in [5, 5.41) is 7.60. The number of rotatable bonds is 11. The Morgan fingerprint density at radius 1 is 1.17 bits per heavy atom. The summed E-state index contributed by atoms with van der Waals surface area (Å²) in [5.41, 5.74) is 0.828. The molecule has 0 saturated carbocycles.